The molecule has 6 atom stereocenters. The maximum absolute atomic E-state index is 13.1. The van der Waals surface area contributed by atoms with Crippen molar-refractivity contribution < 1.29 is 52.8 Å². The van der Waals surface area contributed by atoms with E-state index in [1.165, 1.54) is 34.6 Å². The van der Waals surface area contributed by atoms with Crippen LogP contribution in [0.4, 0.5) is 0 Å². The highest BCUT2D eigenvalue weighted by molar-refractivity contribution is 5.88. The summed E-state index contributed by atoms with van der Waals surface area (Å²) in [5.74, 6) is -4.06. The molecule has 2 amide bonds. The molecule has 2 bridgehead atoms. The number of ether oxygens (including phenoxy) is 5. The number of carbonyl (C=O) groups is 5. The highest BCUT2D eigenvalue weighted by Crippen LogP contribution is 2.56. The second-order valence-corrected chi connectivity index (χ2v) is 16.0. The zero-order chi connectivity index (χ0) is 41.0. The van der Waals surface area contributed by atoms with Gasteiger partial charge in [-0.3, -0.25) is 24.0 Å². The number of nitrogens with one attached hydrogen (secondary N) is 1. The average molecular weight is 780 g/mol. The zero-order valence-electron chi connectivity index (χ0n) is 33.8. The number of benzene rings is 2. The fourth-order valence-corrected chi connectivity index (χ4v) is 7.97. The van der Waals surface area contributed by atoms with Gasteiger partial charge >= 0.3 is 17.9 Å². The van der Waals surface area contributed by atoms with Gasteiger partial charge in [-0.05, 0) is 95.3 Å². The van der Waals surface area contributed by atoms with Crippen molar-refractivity contribution in [2.24, 2.45) is 0 Å². The van der Waals surface area contributed by atoms with E-state index in [0.29, 0.717) is 50.8 Å². The van der Waals surface area contributed by atoms with Gasteiger partial charge in [-0.2, -0.15) is 0 Å². The van der Waals surface area contributed by atoms with Gasteiger partial charge in [0.05, 0.1) is 12.2 Å². The van der Waals surface area contributed by atoms with Crippen molar-refractivity contribution in [3.63, 3.8) is 0 Å². The summed E-state index contributed by atoms with van der Waals surface area (Å²) in [6.07, 6.45) is -0.402. The van der Waals surface area contributed by atoms with E-state index in [9.17, 15) is 29.1 Å². The first-order chi connectivity index (χ1) is 26.4. The third kappa shape index (κ3) is 9.25. The first-order valence-electron chi connectivity index (χ1n) is 19.3. The number of hydrogen-bond donors (Lipinski definition) is 2. The molecule has 0 aliphatic carbocycles. The molecule has 14 nitrogen and oxygen atoms in total. The van der Waals surface area contributed by atoms with Crippen molar-refractivity contribution in [2.75, 3.05) is 40.3 Å². The Morgan fingerprint density at radius 3 is 2.21 bits per heavy atom. The van der Waals surface area contributed by atoms with E-state index in [0.717, 1.165) is 35.2 Å². The zero-order valence-corrected chi connectivity index (χ0v) is 33.8. The van der Waals surface area contributed by atoms with Gasteiger partial charge in [-0.1, -0.05) is 36.4 Å². The number of carbonyl (C=O) groups excluding carboxylic acids is 5. The lowest BCUT2D eigenvalue weighted by Gasteiger charge is -2.52. The molecule has 306 valence electrons. The molecule has 3 aliphatic rings. The maximum Gasteiger partial charge on any atom is 0.303 e. The van der Waals surface area contributed by atoms with Gasteiger partial charge in [0, 0.05) is 52.4 Å². The quantitative estimate of drug-likeness (QED) is 0.201. The van der Waals surface area contributed by atoms with Crippen LogP contribution < -0.4 is 5.32 Å². The Morgan fingerprint density at radius 1 is 0.946 bits per heavy atom. The maximum atomic E-state index is 13.1. The van der Waals surface area contributed by atoms with Crippen LogP contribution in [0.3, 0.4) is 0 Å². The second-order valence-electron chi connectivity index (χ2n) is 16.0. The molecule has 3 fully saturated rings. The minimum atomic E-state index is -1.84. The Labute approximate surface area is 329 Å². The van der Waals surface area contributed by atoms with Crippen LogP contribution in [-0.4, -0.2) is 121 Å². The summed E-state index contributed by atoms with van der Waals surface area (Å²) >= 11 is 0. The van der Waals surface area contributed by atoms with Crippen molar-refractivity contribution in [3.8, 4) is 0 Å². The topological polar surface area (TPSA) is 170 Å². The van der Waals surface area contributed by atoms with Crippen LogP contribution in [0.1, 0.15) is 88.1 Å². The minimum absolute atomic E-state index is 0.00621. The Balaban J connectivity index is 1.31. The number of aliphatic hydroxyl groups is 1. The van der Waals surface area contributed by atoms with E-state index in [1.807, 2.05) is 62.3 Å². The molecular weight excluding hydrogens is 722 g/mol. The van der Waals surface area contributed by atoms with Crippen LogP contribution in [0.25, 0.3) is 0 Å². The van der Waals surface area contributed by atoms with E-state index in [-0.39, 0.29) is 18.4 Å². The third-order valence-corrected chi connectivity index (χ3v) is 10.9. The first kappa shape index (κ1) is 42.8. The van der Waals surface area contributed by atoms with Gasteiger partial charge < -0.3 is 43.9 Å². The van der Waals surface area contributed by atoms with Gasteiger partial charge in [0.1, 0.15) is 6.04 Å². The number of aryl methyl sites for hydroxylation is 2. The molecule has 2 aromatic carbocycles. The lowest BCUT2D eigenvalue weighted by Crippen LogP contribution is -2.72. The number of esters is 3. The molecule has 3 aliphatic heterocycles. The van der Waals surface area contributed by atoms with Crippen LogP contribution >= 0.6 is 0 Å². The number of rotatable bonds is 15. The molecule has 0 radical (unpaired) electrons. The van der Waals surface area contributed by atoms with Crippen LogP contribution in [0, 0.1) is 6.92 Å². The highest BCUT2D eigenvalue weighted by atomic mass is 16.8. The first-order valence-corrected chi connectivity index (χ1v) is 19.3. The lowest BCUT2D eigenvalue weighted by molar-refractivity contribution is -0.350. The predicted octanol–water partition coefficient (Wildman–Crippen LogP) is 3.10. The van der Waals surface area contributed by atoms with Crippen molar-refractivity contribution in [1.29, 1.82) is 0 Å². The SMILES string of the molecule is CC(=O)O[C@@H]1[C@@H](OC(C)=O)[C@@]2(c3ccc(C)c(Cc4ccc(CCCC(=O)N5CCC[C@H]5C(=O)NCCN(C)C)cc4)c3)OC[C@](C(C)(C)O)(O2)[C@H]1OC(C)=O. The van der Waals surface area contributed by atoms with E-state index >= 15 is 0 Å². The molecular formula is C42H57N3O11. The predicted molar refractivity (Wildman–Crippen MR) is 204 cm³/mol. The average Bonchev–Trinajstić information content (AvgIpc) is 3.76. The molecule has 0 saturated carbocycles. The molecule has 3 heterocycles. The van der Waals surface area contributed by atoms with Crippen molar-refractivity contribution >= 4 is 29.7 Å². The number of likely N-dealkylation sites (N-methyl/N-ethyl adjacent to an activating group) is 1. The van der Waals surface area contributed by atoms with Crippen molar-refractivity contribution in [2.45, 2.75) is 121 Å². The standard InChI is InChI=1S/C42H57N3O11/c1-26-14-19-33(42-38(55-29(4)48)36(53-27(2)46)37(54-28(3)47)41(56-42,25-52-42)40(5,6)51)24-32(26)23-31-17-15-30(16-18-31)11-9-13-35(49)45-21-10-12-34(45)39(50)43-20-22-44(7)8/h14-19,24,34,36-38,51H,9-13,20-23,25H2,1-8H3,(H,43,50)/t34-,36-,37-,38+,41-,42-/m0/s1. The van der Waals surface area contributed by atoms with Gasteiger partial charge in [-0.15, -0.1) is 0 Å². The molecule has 2 aromatic rings. The summed E-state index contributed by atoms with van der Waals surface area (Å²) in [6.45, 7) is 10.1. The summed E-state index contributed by atoms with van der Waals surface area (Å²) in [7, 11) is 3.90. The van der Waals surface area contributed by atoms with E-state index < -0.39 is 59.3 Å². The van der Waals surface area contributed by atoms with Gasteiger partial charge in [0.15, 0.2) is 17.8 Å². The third-order valence-electron chi connectivity index (χ3n) is 10.9. The molecule has 0 unspecified atom stereocenters. The minimum Gasteiger partial charge on any atom is -0.455 e. The Kier molecular flexibility index (Phi) is 13.3. The van der Waals surface area contributed by atoms with E-state index in [1.54, 1.807) is 11.0 Å². The summed E-state index contributed by atoms with van der Waals surface area (Å²) in [6, 6.07) is 13.3. The molecule has 14 heteroatoms. The number of amides is 2. The number of hydrogen-bond acceptors (Lipinski definition) is 12. The van der Waals surface area contributed by atoms with Crippen LogP contribution in [0.5, 0.6) is 0 Å². The van der Waals surface area contributed by atoms with Gasteiger partial charge in [-0.25, -0.2) is 0 Å². The van der Waals surface area contributed by atoms with Crippen molar-refractivity contribution in [1.82, 2.24) is 15.1 Å². The van der Waals surface area contributed by atoms with E-state index in [4.69, 9.17) is 23.7 Å². The van der Waals surface area contributed by atoms with E-state index in [2.05, 4.69) is 5.32 Å². The molecule has 3 saturated heterocycles. The number of fused-ring (bicyclic) bond motifs is 2. The fourth-order valence-electron chi connectivity index (χ4n) is 7.97. The molecule has 0 aromatic heterocycles. The normalized spacial score (nSPS) is 25.9. The molecule has 56 heavy (non-hydrogen) atoms. The second kappa shape index (κ2) is 17.4. The fraction of sp³-hybridized carbons (Fsp3) is 0.595. The number of nitrogens with zero attached hydrogens (tertiary/aromatic N) is 2. The van der Waals surface area contributed by atoms with Crippen LogP contribution in [0.2, 0.25) is 0 Å². The van der Waals surface area contributed by atoms with Crippen LogP contribution in [-0.2, 0) is 66.3 Å². The van der Waals surface area contributed by atoms with Gasteiger partial charge in [0.25, 0.3) is 0 Å². The Bertz CT molecular complexity index is 1770. The Hall–Kier alpha value is -4.37. The number of likely N-dealkylation sites (tertiary alicyclic amines) is 1. The summed E-state index contributed by atoms with van der Waals surface area (Å²) in [4.78, 5) is 67.0. The highest BCUT2D eigenvalue weighted by Gasteiger charge is 2.75. The lowest BCUT2D eigenvalue weighted by atomic mass is 9.74. The van der Waals surface area contributed by atoms with Crippen LogP contribution in [0.15, 0.2) is 42.5 Å². The smallest absolute Gasteiger partial charge is 0.303 e. The van der Waals surface area contributed by atoms with Crippen molar-refractivity contribution in [3.05, 3.63) is 70.3 Å². The Morgan fingerprint density at radius 2 is 1.59 bits per heavy atom. The molecule has 2 N–H and O–H groups in total. The molecule has 5 rings (SSSR count). The summed E-state index contributed by atoms with van der Waals surface area (Å²) in [5, 5.41) is 14.5. The summed E-state index contributed by atoms with van der Waals surface area (Å²) in [5.41, 5.74) is 1.07. The molecule has 0 spiro atoms. The summed E-state index contributed by atoms with van der Waals surface area (Å²) < 4.78 is 30.3. The monoisotopic (exact) mass is 779 g/mol. The van der Waals surface area contributed by atoms with Gasteiger partial charge in [0.2, 0.25) is 23.7 Å². The largest absolute Gasteiger partial charge is 0.455 e.